The SMILES string of the molecule is CC[C@H](C)c1ccc(C(=O)COC(=O)c2sc(-c3ccccn3)nc2C)cc1. The quantitative estimate of drug-likeness (QED) is 0.413. The molecule has 0 spiro atoms. The van der Waals surface area contributed by atoms with Crippen LogP contribution in [0.25, 0.3) is 10.7 Å². The predicted octanol–water partition coefficient (Wildman–Crippen LogP) is 5.07. The van der Waals surface area contributed by atoms with Crippen molar-refractivity contribution in [3.05, 3.63) is 70.4 Å². The van der Waals surface area contributed by atoms with Crippen molar-refractivity contribution < 1.29 is 14.3 Å². The Morgan fingerprint density at radius 3 is 2.54 bits per heavy atom. The highest BCUT2D eigenvalue weighted by molar-refractivity contribution is 7.17. The number of carbonyl (C=O) groups is 2. The van der Waals surface area contributed by atoms with E-state index in [9.17, 15) is 9.59 Å². The van der Waals surface area contributed by atoms with E-state index in [0.29, 0.717) is 32.8 Å². The van der Waals surface area contributed by atoms with Crippen molar-refractivity contribution in [2.24, 2.45) is 0 Å². The first-order chi connectivity index (χ1) is 13.5. The molecule has 0 aliphatic carbocycles. The van der Waals surface area contributed by atoms with Crippen molar-refractivity contribution >= 4 is 23.1 Å². The molecular weight excluding hydrogens is 372 g/mol. The van der Waals surface area contributed by atoms with Gasteiger partial charge in [-0.25, -0.2) is 9.78 Å². The van der Waals surface area contributed by atoms with Gasteiger partial charge in [-0.15, -0.1) is 11.3 Å². The van der Waals surface area contributed by atoms with Gasteiger partial charge in [-0.1, -0.05) is 44.2 Å². The van der Waals surface area contributed by atoms with Crippen molar-refractivity contribution in [1.29, 1.82) is 0 Å². The zero-order chi connectivity index (χ0) is 20.1. The molecule has 2 aromatic heterocycles. The number of hydrogen-bond donors (Lipinski definition) is 0. The van der Waals surface area contributed by atoms with Gasteiger partial charge in [0.25, 0.3) is 0 Å². The average Bonchev–Trinajstić information content (AvgIpc) is 3.13. The third-order valence-electron chi connectivity index (χ3n) is 4.61. The van der Waals surface area contributed by atoms with Gasteiger partial charge in [-0.2, -0.15) is 0 Å². The maximum atomic E-state index is 12.4. The van der Waals surface area contributed by atoms with Crippen molar-refractivity contribution in [3.63, 3.8) is 0 Å². The number of carbonyl (C=O) groups excluding carboxylic acids is 2. The highest BCUT2D eigenvalue weighted by atomic mass is 32.1. The number of aromatic nitrogens is 2. The van der Waals surface area contributed by atoms with E-state index in [1.807, 2.05) is 30.3 Å². The molecule has 0 bridgehead atoms. The summed E-state index contributed by atoms with van der Waals surface area (Å²) in [5.74, 6) is -0.317. The lowest BCUT2D eigenvalue weighted by Gasteiger charge is -2.09. The number of rotatable bonds is 7. The number of hydrogen-bond acceptors (Lipinski definition) is 6. The van der Waals surface area contributed by atoms with Gasteiger partial charge < -0.3 is 4.74 Å². The van der Waals surface area contributed by atoms with E-state index < -0.39 is 5.97 Å². The number of nitrogens with zero attached hydrogens (tertiary/aromatic N) is 2. The van der Waals surface area contributed by atoms with Crippen LogP contribution in [0.3, 0.4) is 0 Å². The molecule has 0 aliphatic rings. The fraction of sp³-hybridized carbons (Fsp3) is 0.273. The molecule has 6 heteroatoms. The van der Waals surface area contributed by atoms with Gasteiger partial charge in [-0.3, -0.25) is 9.78 Å². The van der Waals surface area contributed by atoms with Crippen LogP contribution in [0.15, 0.2) is 48.7 Å². The summed E-state index contributed by atoms with van der Waals surface area (Å²) in [6.07, 6.45) is 2.72. The lowest BCUT2D eigenvalue weighted by atomic mass is 9.97. The molecule has 0 saturated carbocycles. The van der Waals surface area contributed by atoms with E-state index in [-0.39, 0.29) is 12.4 Å². The number of aryl methyl sites for hydroxylation is 1. The molecule has 0 amide bonds. The Morgan fingerprint density at radius 2 is 1.89 bits per heavy atom. The van der Waals surface area contributed by atoms with Gasteiger partial charge in [0.1, 0.15) is 9.88 Å². The zero-order valence-electron chi connectivity index (χ0n) is 16.1. The predicted molar refractivity (Wildman–Crippen MR) is 110 cm³/mol. The molecule has 0 fully saturated rings. The van der Waals surface area contributed by atoms with Crippen LogP contribution >= 0.6 is 11.3 Å². The molecule has 1 aromatic carbocycles. The standard InChI is InChI=1S/C22H22N2O3S/c1-4-14(2)16-8-10-17(11-9-16)19(25)13-27-22(26)20-15(3)24-21(28-20)18-7-5-6-12-23-18/h5-12,14H,4,13H2,1-3H3/t14-/m0/s1. The summed E-state index contributed by atoms with van der Waals surface area (Å²) in [4.78, 5) is 33.8. The monoisotopic (exact) mass is 394 g/mol. The molecule has 3 aromatic rings. The Labute approximate surface area is 168 Å². The molecule has 0 saturated heterocycles. The molecule has 144 valence electrons. The normalized spacial score (nSPS) is 11.8. The summed E-state index contributed by atoms with van der Waals surface area (Å²) in [5.41, 5.74) is 3.00. The second kappa shape index (κ2) is 8.89. The Balaban J connectivity index is 1.64. The van der Waals surface area contributed by atoms with Gasteiger partial charge in [0, 0.05) is 11.8 Å². The van der Waals surface area contributed by atoms with Crippen molar-refractivity contribution in [2.45, 2.75) is 33.1 Å². The third-order valence-corrected chi connectivity index (χ3v) is 5.77. The summed E-state index contributed by atoms with van der Waals surface area (Å²) in [6, 6.07) is 13.0. The summed E-state index contributed by atoms with van der Waals surface area (Å²) in [6.45, 7) is 5.73. The first-order valence-electron chi connectivity index (χ1n) is 9.18. The number of thiazole rings is 1. The maximum absolute atomic E-state index is 12.4. The number of esters is 1. The molecule has 0 radical (unpaired) electrons. The lowest BCUT2D eigenvalue weighted by Crippen LogP contribution is -2.14. The van der Waals surface area contributed by atoms with Gasteiger partial charge in [0.15, 0.2) is 12.4 Å². The number of ether oxygens (including phenoxy) is 1. The molecule has 1 atom stereocenters. The first-order valence-corrected chi connectivity index (χ1v) is 10.00. The molecule has 3 rings (SSSR count). The average molecular weight is 394 g/mol. The molecular formula is C22H22N2O3S. The maximum Gasteiger partial charge on any atom is 0.350 e. The van der Waals surface area contributed by atoms with E-state index in [1.54, 1.807) is 25.3 Å². The highest BCUT2D eigenvalue weighted by Gasteiger charge is 2.19. The van der Waals surface area contributed by atoms with Crippen LogP contribution in [-0.2, 0) is 4.74 Å². The fourth-order valence-electron chi connectivity index (χ4n) is 2.70. The summed E-state index contributed by atoms with van der Waals surface area (Å²) >= 11 is 1.22. The molecule has 28 heavy (non-hydrogen) atoms. The number of ketones is 1. The largest absolute Gasteiger partial charge is 0.453 e. The van der Waals surface area contributed by atoms with E-state index in [0.717, 1.165) is 6.42 Å². The molecule has 0 N–H and O–H groups in total. The lowest BCUT2D eigenvalue weighted by molar-refractivity contribution is 0.0478. The minimum absolute atomic E-state index is 0.226. The van der Waals surface area contributed by atoms with Gasteiger partial charge in [0.05, 0.1) is 11.4 Å². The number of Topliss-reactive ketones (excluding diaryl/α,β-unsaturated/α-hetero) is 1. The van der Waals surface area contributed by atoms with Crippen LogP contribution in [0, 0.1) is 6.92 Å². The van der Waals surface area contributed by atoms with E-state index in [4.69, 9.17) is 4.74 Å². The van der Waals surface area contributed by atoms with Crippen LogP contribution in [0.4, 0.5) is 0 Å². The van der Waals surface area contributed by atoms with E-state index in [2.05, 4.69) is 23.8 Å². The second-order valence-corrected chi connectivity index (χ2v) is 7.58. The summed E-state index contributed by atoms with van der Waals surface area (Å²) < 4.78 is 5.23. The summed E-state index contributed by atoms with van der Waals surface area (Å²) in [5, 5.41) is 0.650. The van der Waals surface area contributed by atoms with Crippen LogP contribution in [0.1, 0.15) is 57.5 Å². The van der Waals surface area contributed by atoms with Crippen molar-refractivity contribution in [3.8, 4) is 10.7 Å². The van der Waals surface area contributed by atoms with E-state index in [1.165, 1.54) is 16.9 Å². The molecule has 2 heterocycles. The molecule has 0 unspecified atom stereocenters. The molecule has 5 nitrogen and oxygen atoms in total. The molecule has 0 aliphatic heterocycles. The van der Waals surface area contributed by atoms with Crippen molar-refractivity contribution in [1.82, 2.24) is 9.97 Å². The Kier molecular flexibility index (Phi) is 6.31. The Bertz CT molecular complexity index is 965. The first kappa shape index (κ1) is 19.9. The highest BCUT2D eigenvalue weighted by Crippen LogP contribution is 2.27. The number of benzene rings is 1. The number of pyridine rings is 1. The summed E-state index contributed by atoms with van der Waals surface area (Å²) in [7, 11) is 0. The van der Waals surface area contributed by atoms with E-state index >= 15 is 0 Å². The minimum Gasteiger partial charge on any atom is -0.453 e. The fourth-order valence-corrected chi connectivity index (χ4v) is 3.63. The van der Waals surface area contributed by atoms with Gasteiger partial charge >= 0.3 is 5.97 Å². The van der Waals surface area contributed by atoms with Crippen molar-refractivity contribution in [2.75, 3.05) is 6.61 Å². The van der Waals surface area contributed by atoms with Crippen LogP contribution in [0.5, 0.6) is 0 Å². The Morgan fingerprint density at radius 1 is 1.14 bits per heavy atom. The second-order valence-electron chi connectivity index (χ2n) is 6.58. The zero-order valence-corrected chi connectivity index (χ0v) is 17.0. The Hall–Kier alpha value is -2.86. The van der Waals surface area contributed by atoms with Gasteiger partial charge in [-0.05, 0) is 37.0 Å². The third kappa shape index (κ3) is 4.51. The topological polar surface area (TPSA) is 69.2 Å². The minimum atomic E-state index is -0.540. The van der Waals surface area contributed by atoms with Crippen LogP contribution in [0.2, 0.25) is 0 Å². The van der Waals surface area contributed by atoms with Crippen LogP contribution in [-0.4, -0.2) is 28.3 Å². The van der Waals surface area contributed by atoms with Gasteiger partial charge in [0.2, 0.25) is 0 Å². The van der Waals surface area contributed by atoms with Crippen LogP contribution < -0.4 is 0 Å². The smallest absolute Gasteiger partial charge is 0.350 e.